The monoisotopic (exact) mass is 327 g/mol. The normalized spacial score (nSPS) is 17.1. The first kappa shape index (κ1) is 14.8. The number of thiophene rings is 1. The zero-order valence-corrected chi connectivity index (χ0v) is 14.2. The fraction of sp³-hybridized carbons (Fsp3) is 0.421. The van der Waals surface area contributed by atoms with Gasteiger partial charge in [-0.15, -0.1) is 11.3 Å². The van der Waals surface area contributed by atoms with E-state index in [1.54, 1.807) is 11.3 Å². The number of rotatable bonds is 2. The summed E-state index contributed by atoms with van der Waals surface area (Å²) in [7, 11) is 1.96. The maximum atomic E-state index is 12.9. The summed E-state index contributed by atoms with van der Waals surface area (Å²) in [5.41, 5.74) is 2.24. The molecule has 1 aromatic carbocycles. The van der Waals surface area contributed by atoms with Gasteiger partial charge in [0, 0.05) is 29.1 Å². The van der Waals surface area contributed by atoms with Crippen LogP contribution in [-0.4, -0.2) is 23.9 Å². The van der Waals surface area contributed by atoms with Crippen LogP contribution in [0.15, 0.2) is 30.3 Å². The molecular formula is C19H21NO2S. The zero-order valence-electron chi connectivity index (χ0n) is 13.4. The largest absolute Gasteiger partial charge is 0.488 e. The number of carbonyl (C=O) groups excluding carboxylic acids is 1. The van der Waals surface area contributed by atoms with Gasteiger partial charge in [-0.05, 0) is 31.0 Å². The standard InChI is InChI=1S/C19H21NO2S/c1-20(14-7-3-2-4-8-14)19(21)17-11-13-12-22-16-10-6-5-9-15(16)18(13)23-17/h5-6,9-11,14H,2-4,7-8,12H2,1H3. The first-order chi connectivity index (χ1) is 11.2. The molecule has 4 heteroatoms. The third kappa shape index (κ3) is 2.65. The average Bonchev–Trinajstić information content (AvgIpc) is 3.06. The van der Waals surface area contributed by atoms with Gasteiger partial charge in [0.2, 0.25) is 0 Å². The second kappa shape index (κ2) is 6.00. The van der Waals surface area contributed by atoms with Gasteiger partial charge in [0.05, 0.1) is 4.88 Å². The Morgan fingerprint density at radius 3 is 2.83 bits per heavy atom. The fourth-order valence-corrected chi connectivity index (χ4v) is 4.79. The van der Waals surface area contributed by atoms with E-state index in [2.05, 4.69) is 6.07 Å². The van der Waals surface area contributed by atoms with E-state index in [0.29, 0.717) is 12.6 Å². The van der Waals surface area contributed by atoms with Gasteiger partial charge in [0.25, 0.3) is 5.91 Å². The van der Waals surface area contributed by atoms with Gasteiger partial charge >= 0.3 is 0 Å². The zero-order chi connectivity index (χ0) is 15.8. The molecule has 1 amide bonds. The molecule has 2 aromatic rings. The highest BCUT2D eigenvalue weighted by Crippen LogP contribution is 2.42. The molecule has 0 saturated heterocycles. The molecule has 1 aliphatic heterocycles. The Hall–Kier alpha value is -1.81. The lowest BCUT2D eigenvalue weighted by atomic mass is 9.94. The van der Waals surface area contributed by atoms with Crippen molar-refractivity contribution in [3.8, 4) is 16.2 Å². The van der Waals surface area contributed by atoms with E-state index in [-0.39, 0.29) is 5.91 Å². The van der Waals surface area contributed by atoms with Gasteiger partial charge in [0.15, 0.2) is 0 Å². The molecule has 0 atom stereocenters. The molecule has 0 spiro atoms. The van der Waals surface area contributed by atoms with Crippen LogP contribution in [0.1, 0.15) is 47.3 Å². The summed E-state index contributed by atoms with van der Waals surface area (Å²) < 4.78 is 5.80. The van der Waals surface area contributed by atoms with Crippen molar-refractivity contribution in [2.24, 2.45) is 0 Å². The van der Waals surface area contributed by atoms with E-state index < -0.39 is 0 Å². The molecule has 4 rings (SSSR count). The minimum Gasteiger partial charge on any atom is -0.488 e. The van der Waals surface area contributed by atoms with Crippen LogP contribution in [0, 0.1) is 0 Å². The Kier molecular flexibility index (Phi) is 3.85. The Morgan fingerprint density at radius 2 is 2.00 bits per heavy atom. The van der Waals surface area contributed by atoms with Gasteiger partial charge in [-0.2, -0.15) is 0 Å². The Bertz CT molecular complexity index is 731. The quantitative estimate of drug-likeness (QED) is 0.799. The van der Waals surface area contributed by atoms with Crippen LogP contribution in [-0.2, 0) is 6.61 Å². The van der Waals surface area contributed by atoms with Crippen molar-refractivity contribution in [1.29, 1.82) is 0 Å². The van der Waals surface area contributed by atoms with Gasteiger partial charge in [-0.3, -0.25) is 4.79 Å². The molecule has 0 unspecified atom stereocenters. The molecule has 2 aliphatic rings. The van der Waals surface area contributed by atoms with Crippen molar-refractivity contribution >= 4 is 17.2 Å². The minimum absolute atomic E-state index is 0.161. The molecular weight excluding hydrogens is 306 g/mol. The lowest BCUT2D eigenvalue weighted by Gasteiger charge is -2.30. The molecule has 1 fully saturated rings. The van der Waals surface area contributed by atoms with Crippen LogP contribution >= 0.6 is 11.3 Å². The first-order valence-corrected chi connectivity index (χ1v) is 9.18. The van der Waals surface area contributed by atoms with Crippen LogP contribution in [0.25, 0.3) is 10.4 Å². The summed E-state index contributed by atoms with van der Waals surface area (Å²) in [6, 6.07) is 10.5. The molecule has 0 bridgehead atoms. The summed E-state index contributed by atoms with van der Waals surface area (Å²) in [5.74, 6) is 1.08. The van der Waals surface area contributed by atoms with Crippen LogP contribution in [0.5, 0.6) is 5.75 Å². The van der Waals surface area contributed by atoms with Crippen molar-refractivity contribution < 1.29 is 9.53 Å². The highest BCUT2D eigenvalue weighted by molar-refractivity contribution is 7.17. The second-order valence-corrected chi connectivity index (χ2v) is 7.51. The van der Waals surface area contributed by atoms with E-state index >= 15 is 0 Å². The van der Waals surface area contributed by atoms with Gasteiger partial charge in [0.1, 0.15) is 12.4 Å². The molecule has 120 valence electrons. The molecule has 3 nitrogen and oxygen atoms in total. The lowest BCUT2D eigenvalue weighted by molar-refractivity contribution is 0.0701. The van der Waals surface area contributed by atoms with E-state index in [4.69, 9.17) is 4.74 Å². The first-order valence-electron chi connectivity index (χ1n) is 8.36. The number of benzene rings is 1. The highest BCUT2D eigenvalue weighted by Gasteiger charge is 2.27. The SMILES string of the molecule is CN(C(=O)c1cc2c(s1)-c1ccccc1OC2)C1CCCCC1. The number of hydrogen-bond donors (Lipinski definition) is 0. The van der Waals surface area contributed by atoms with Crippen molar-refractivity contribution in [3.63, 3.8) is 0 Å². The number of para-hydroxylation sites is 1. The predicted molar refractivity (Wildman–Crippen MR) is 93.1 cm³/mol. The highest BCUT2D eigenvalue weighted by atomic mass is 32.1. The molecule has 0 N–H and O–H groups in total. The van der Waals surface area contributed by atoms with Crippen molar-refractivity contribution in [3.05, 3.63) is 40.8 Å². The summed E-state index contributed by atoms with van der Waals surface area (Å²) >= 11 is 1.61. The van der Waals surface area contributed by atoms with Gasteiger partial charge in [-0.25, -0.2) is 0 Å². The number of carbonyl (C=O) groups is 1. The number of ether oxygens (including phenoxy) is 1. The Balaban J connectivity index is 1.62. The second-order valence-electron chi connectivity index (χ2n) is 6.46. The van der Waals surface area contributed by atoms with E-state index in [1.165, 1.54) is 24.1 Å². The third-order valence-electron chi connectivity index (χ3n) is 4.98. The van der Waals surface area contributed by atoms with E-state index in [1.807, 2.05) is 36.2 Å². The topological polar surface area (TPSA) is 29.5 Å². The van der Waals surface area contributed by atoms with E-state index in [0.717, 1.165) is 34.6 Å². The number of amides is 1. The summed E-state index contributed by atoms with van der Waals surface area (Å²) in [6.07, 6.45) is 6.06. The molecule has 2 heterocycles. The number of hydrogen-bond acceptors (Lipinski definition) is 3. The lowest BCUT2D eigenvalue weighted by Crippen LogP contribution is -2.37. The predicted octanol–water partition coefficient (Wildman–Crippen LogP) is 4.71. The van der Waals surface area contributed by atoms with E-state index in [9.17, 15) is 4.79 Å². The minimum atomic E-state index is 0.161. The number of fused-ring (bicyclic) bond motifs is 3. The van der Waals surface area contributed by atoms with Crippen molar-refractivity contribution in [2.45, 2.75) is 44.8 Å². The fourth-order valence-electron chi connectivity index (χ4n) is 3.61. The molecule has 1 aliphatic carbocycles. The Morgan fingerprint density at radius 1 is 1.22 bits per heavy atom. The average molecular weight is 327 g/mol. The molecule has 1 aromatic heterocycles. The van der Waals surface area contributed by atoms with Crippen LogP contribution in [0.4, 0.5) is 0 Å². The van der Waals surface area contributed by atoms with Crippen LogP contribution < -0.4 is 4.74 Å². The van der Waals surface area contributed by atoms with Crippen molar-refractivity contribution in [1.82, 2.24) is 4.90 Å². The summed E-state index contributed by atoms with van der Waals surface area (Å²) in [4.78, 5) is 16.9. The van der Waals surface area contributed by atoms with Gasteiger partial charge in [-0.1, -0.05) is 31.4 Å². The van der Waals surface area contributed by atoms with Crippen LogP contribution in [0.3, 0.4) is 0 Å². The third-order valence-corrected chi connectivity index (χ3v) is 6.18. The summed E-state index contributed by atoms with van der Waals surface area (Å²) in [5, 5.41) is 0. The van der Waals surface area contributed by atoms with Gasteiger partial charge < -0.3 is 9.64 Å². The molecule has 0 radical (unpaired) electrons. The van der Waals surface area contributed by atoms with Crippen LogP contribution in [0.2, 0.25) is 0 Å². The molecule has 23 heavy (non-hydrogen) atoms. The number of nitrogens with zero attached hydrogens (tertiary/aromatic N) is 1. The Labute approximate surface area is 140 Å². The maximum absolute atomic E-state index is 12.9. The summed E-state index contributed by atoms with van der Waals surface area (Å²) in [6.45, 7) is 0.559. The van der Waals surface area contributed by atoms with Crippen molar-refractivity contribution in [2.75, 3.05) is 7.05 Å². The molecule has 1 saturated carbocycles. The smallest absolute Gasteiger partial charge is 0.263 e. The maximum Gasteiger partial charge on any atom is 0.263 e.